The van der Waals surface area contributed by atoms with Crippen molar-refractivity contribution < 1.29 is 4.79 Å². The van der Waals surface area contributed by atoms with Gasteiger partial charge in [-0.05, 0) is 47.5 Å². The topological polar surface area (TPSA) is 29.1 Å². The molecule has 0 aromatic heterocycles. The van der Waals surface area contributed by atoms with Crippen molar-refractivity contribution in [1.29, 1.82) is 0 Å². The van der Waals surface area contributed by atoms with Crippen molar-refractivity contribution in [1.82, 2.24) is 5.32 Å². The zero-order chi connectivity index (χ0) is 15.5. The van der Waals surface area contributed by atoms with Crippen LogP contribution in [0.3, 0.4) is 0 Å². The van der Waals surface area contributed by atoms with Gasteiger partial charge < -0.3 is 5.32 Å². The molecule has 0 aliphatic rings. The third-order valence-electron chi connectivity index (χ3n) is 3.74. The molecule has 3 rings (SSSR count). The van der Waals surface area contributed by atoms with E-state index in [1.54, 1.807) is 0 Å². The Kier molecular flexibility index (Phi) is 4.25. The molecule has 0 heterocycles. The lowest BCUT2D eigenvalue weighted by Gasteiger charge is -2.16. The molecule has 0 aliphatic heterocycles. The van der Waals surface area contributed by atoms with E-state index in [9.17, 15) is 4.79 Å². The minimum absolute atomic E-state index is 0.0535. The Hall–Kier alpha value is -2.13. The SMILES string of the molecule is C[C@@H](NC(=O)c1ccc(Br)cc1)c1cccc2ccccc12. The molecule has 0 saturated carbocycles. The first-order valence-corrected chi connectivity index (χ1v) is 7.98. The van der Waals surface area contributed by atoms with Crippen LogP contribution in [0, 0.1) is 0 Å². The summed E-state index contributed by atoms with van der Waals surface area (Å²) >= 11 is 3.38. The quantitative estimate of drug-likeness (QED) is 0.697. The van der Waals surface area contributed by atoms with Crippen molar-refractivity contribution >= 4 is 32.6 Å². The molecule has 0 radical (unpaired) electrons. The number of hydrogen-bond acceptors (Lipinski definition) is 1. The third-order valence-corrected chi connectivity index (χ3v) is 4.27. The van der Waals surface area contributed by atoms with E-state index in [-0.39, 0.29) is 11.9 Å². The highest BCUT2D eigenvalue weighted by Crippen LogP contribution is 2.24. The van der Waals surface area contributed by atoms with Gasteiger partial charge in [0.25, 0.3) is 5.91 Å². The van der Waals surface area contributed by atoms with E-state index >= 15 is 0 Å². The Morgan fingerprint density at radius 2 is 1.64 bits per heavy atom. The van der Waals surface area contributed by atoms with Crippen molar-refractivity contribution in [2.75, 3.05) is 0 Å². The molecule has 3 aromatic carbocycles. The van der Waals surface area contributed by atoms with E-state index in [4.69, 9.17) is 0 Å². The molecule has 0 unspecified atom stereocenters. The largest absolute Gasteiger partial charge is 0.345 e. The number of carbonyl (C=O) groups excluding carboxylic acids is 1. The summed E-state index contributed by atoms with van der Waals surface area (Å²) in [6.45, 7) is 2.01. The number of carbonyl (C=O) groups is 1. The summed E-state index contributed by atoms with van der Waals surface area (Å²) in [5.74, 6) is -0.0621. The molecule has 0 spiro atoms. The Labute approximate surface area is 138 Å². The maximum atomic E-state index is 12.3. The monoisotopic (exact) mass is 353 g/mol. The van der Waals surface area contributed by atoms with Crippen LogP contribution in [-0.4, -0.2) is 5.91 Å². The van der Waals surface area contributed by atoms with E-state index in [0.717, 1.165) is 10.0 Å². The summed E-state index contributed by atoms with van der Waals surface area (Å²) in [7, 11) is 0. The maximum Gasteiger partial charge on any atom is 0.251 e. The first-order chi connectivity index (χ1) is 10.6. The zero-order valence-electron chi connectivity index (χ0n) is 12.2. The number of amides is 1. The standard InChI is InChI=1S/C19H16BrNO/c1-13(21-19(22)15-9-11-16(20)12-10-15)17-8-4-6-14-5-2-3-7-18(14)17/h2-13H,1H3,(H,21,22)/t13-/m1/s1. The lowest BCUT2D eigenvalue weighted by molar-refractivity contribution is 0.0940. The molecule has 3 aromatic rings. The highest BCUT2D eigenvalue weighted by atomic mass is 79.9. The second kappa shape index (κ2) is 6.32. The van der Waals surface area contributed by atoms with Gasteiger partial charge >= 0.3 is 0 Å². The van der Waals surface area contributed by atoms with Gasteiger partial charge in [0.2, 0.25) is 0 Å². The van der Waals surface area contributed by atoms with Crippen molar-refractivity contribution in [3.63, 3.8) is 0 Å². The van der Waals surface area contributed by atoms with E-state index in [0.29, 0.717) is 5.56 Å². The summed E-state index contributed by atoms with van der Waals surface area (Å²) in [4.78, 5) is 12.3. The number of nitrogens with one attached hydrogen (secondary N) is 1. The predicted molar refractivity (Wildman–Crippen MR) is 94.0 cm³/mol. The van der Waals surface area contributed by atoms with Crippen molar-refractivity contribution in [2.24, 2.45) is 0 Å². The fourth-order valence-corrected chi connectivity index (χ4v) is 2.85. The average molecular weight is 354 g/mol. The summed E-state index contributed by atoms with van der Waals surface area (Å²) in [5, 5.41) is 5.43. The van der Waals surface area contributed by atoms with E-state index in [2.05, 4.69) is 45.5 Å². The molecule has 1 amide bonds. The van der Waals surface area contributed by atoms with Crippen molar-refractivity contribution in [2.45, 2.75) is 13.0 Å². The molecule has 0 bridgehead atoms. The average Bonchev–Trinajstić information content (AvgIpc) is 2.54. The van der Waals surface area contributed by atoms with E-state index < -0.39 is 0 Å². The van der Waals surface area contributed by atoms with Gasteiger partial charge in [0.1, 0.15) is 0 Å². The minimum atomic E-state index is -0.0621. The second-order valence-corrected chi connectivity index (χ2v) is 6.19. The van der Waals surface area contributed by atoms with Gasteiger partial charge in [0.15, 0.2) is 0 Å². The van der Waals surface area contributed by atoms with E-state index in [1.807, 2.05) is 49.4 Å². The van der Waals surface area contributed by atoms with Gasteiger partial charge in [-0.25, -0.2) is 0 Å². The van der Waals surface area contributed by atoms with E-state index in [1.165, 1.54) is 10.8 Å². The first kappa shape index (κ1) is 14.8. The fraction of sp³-hybridized carbons (Fsp3) is 0.105. The van der Waals surface area contributed by atoms with Gasteiger partial charge in [0.05, 0.1) is 6.04 Å². The maximum absolute atomic E-state index is 12.3. The number of benzene rings is 3. The number of rotatable bonds is 3. The predicted octanol–water partition coefficient (Wildman–Crippen LogP) is 5.09. The van der Waals surface area contributed by atoms with Crippen LogP contribution < -0.4 is 5.32 Å². The molecule has 3 heteroatoms. The van der Waals surface area contributed by atoms with Crippen molar-refractivity contribution in [3.8, 4) is 0 Å². The molecule has 0 saturated heterocycles. The smallest absolute Gasteiger partial charge is 0.251 e. The highest BCUT2D eigenvalue weighted by Gasteiger charge is 2.13. The first-order valence-electron chi connectivity index (χ1n) is 7.19. The van der Waals surface area contributed by atoms with Gasteiger partial charge in [-0.3, -0.25) is 4.79 Å². The number of fused-ring (bicyclic) bond motifs is 1. The summed E-state index contributed by atoms with van der Waals surface area (Å²) in [6, 6.07) is 21.7. The Morgan fingerprint density at radius 1 is 0.955 bits per heavy atom. The van der Waals surface area contributed by atoms with Gasteiger partial charge in [-0.1, -0.05) is 58.4 Å². The molecule has 0 fully saturated rings. The molecule has 1 N–H and O–H groups in total. The van der Waals surface area contributed by atoms with Crippen LogP contribution in [0.5, 0.6) is 0 Å². The van der Waals surface area contributed by atoms with Crippen LogP contribution >= 0.6 is 15.9 Å². The molecule has 22 heavy (non-hydrogen) atoms. The van der Waals surface area contributed by atoms with Crippen LogP contribution in [0.15, 0.2) is 71.2 Å². The Morgan fingerprint density at radius 3 is 2.41 bits per heavy atom. The zero-order valence-corrected chi connectivity index (χ0v) is 13.8. The number of halogens is 1. The minimum Gasteiger partial charge on any atom is -0.345 e. The highest BCUT2D eigenvalue weighted by molar-refractivity contribution is 9.10. The summed E-state index contributed by atoms with van der Waals surface area (Å²) in [5.41, 5.74) is 1.79. The Balaban J connectivity index is 1.85. The van der Waals surface area contributed by atoms with Crippen LogP contribution in [0.25, 0.3) is 10.8 Å². The lowest BCUT2D eigenvalue weighted by Crippen LogP contribution is -2.26. The summed E-state index contributed by atoms with van der Waals surface area (Å²) in [6.07, 6.45) is 0. The molecule has 2 nitrogen and oxygen atoms in total. The van der Waals surface area contributed by atoms with Gasteiger partial charge in [0, 0.05) is 10.0 Å². The van der Waals surface area contributed by atoms with Crippen molar-refractivity contribution in [3.05, 3.63) is 82.3 Å². The molecule has 1 atom stereocenters. The normalized spacial score (nSPS) is 12.1. The molecular weight excluding hydrogens is 338 g/mol. The third kappa shape index (κ3) is 3.04. The number of hydrogen-bond donors (Lipinski definition) is 1. The van der Waals surface area contributed by atoms with Crippen LogP contribution in [0.1, 0.15) is 28.9 Å². The van der Waals surface area contributed by atoms with Gasteiger partial charge in [-0.15, -0.1) is 0 Å². The van der Waals surface area contributed by atoms with Gasteiger partial charge in [-0.2, -0.15) is 0 Å². The Bertz CT molecular complexity index is 806. The lowest BCUT2D eigenvalue weighted by atomic mass is 9.99. The molecular formula is C19H16BrNO. The second-order valence-electron chi connectivity index (χ2n) is 5.27. The van der Waals surface area contributed by atoms with Crippen LogP contribution in [-0.2, 0) is 0 Å². The molecule has 0 aliphatic carbocycles. The summed E-state index contributed by atoms with van der Waals surface area (Å²) < 4.78 is 0.964. The fourth-order valence-electron chi connectivity index (χ4n) is 2.59. The van der Waals surface area contributed by atoms with Crippen LogP contribution in [0.4, 0.5) is 0 Å². The molecule has 110 valence electrons. The van der Waals surface area contributed by atoms with Crippen LogP contribution in [0.2, 0.25) is 0 Å².